The van der Waals surface area contributed by atoms with Crippen molar-refractivity contribution in [1.29, 1.82) is 0 Å². The molecule has 0 unspecified atom stereocenters. The zero-order chi connectivity index (χ0) is 7.61. The Labute approximate surface area is 74.9 Å². The summed E-state index contributed by atoms with van der Waals surface area (Å²) in [4.78, 5) is 0. The van der Waals surface area contributed by atoms with Crippen molar-refractivity contribution in [3.05, 3.63) is 0 Å². The maximum atomic E-state index is 5.95. The minimum Gasteiger partial charge on any atom is -0.381 e. The summed E-state index contributed by atoms with van der Waals surface area (Å²) in [5.41, 5.74) is 5.94. The molecule has 2 N–H and O–H groups in total. The van der Waals surface area contributed by atoms with Crippen LogP contribution in [0.5, 0.6) is 0 Å². The number of hydrogen-bond acceptors (Lipinski definition) is 2. The van der Waals surface area contributed by atoms with Crippen LogP contribution in [0.4, 0.5) is 0 Å². The van der Waals surface area contributed by atoms with Crippen LogP contribution in [0, 0.1) is 5.92 Å². The Hall–Kier alpha value is 0.210. The van der Waals surface area contributed by atoms with Crippen molar-refractivity contribution in [1.82, 2.24) is 0 Å². The van der Waals surface area contributed by atoms with Crippen molar-refractivity contribution in [3.8, 4) is 0 Å². The number of nitrogens with two attached hydrogens (primary N) is 1. The molecule has 68 valence electrons. The molecule has 11 heavy (non-hydrogen) atoms. The van der Waals surface area contributed by atoms with E-state index in [1.165, 1.54) is 0 Å². The summed E-state index contributed by atoms with van der Waals surface area (Å²) in [6.45, 7) is 5.99. The molecule has 0 atom stereocenters. The van der Waals surface area contributed by atoms with Crippen molar-refractivity contribution in [2.75, 3.05) is 13.2 Å². The second-order valence-electron chi connectivity index (χ2n) is 3.71. The van der Waals surface area contributed by atoms with E-state index in [0.29, 0.717) is 5.92 Å². The third kappa shape index (κ3) is 3.41. The SMILES string of the molecule is CC(C)(N)C1CCOCC1.Cl. The average molecular weight is 180 g/mol. The first-order valence-corrected chi connectivity index (χ1v) is 3.97. The summed E-state index contributed by atoms with van der Waals surface area (Å²) in [7, 11) is 0. The van der Waals surface area contributed by atoms with Crippen LogP contribution in [-0.4, -0.2) is 18.8 Å². The Morgan fingerprint density at radius 3 is 2.00 bits per heavy atom. The van der Waals surface area contributed by atoms with Crippen LogP contribution < -0.4 is 5.73 Å². The molecule has 1 aliphatic heterocycles. The summed E-state index contributed by atoms with van der Waals surface area (Å²) in [5, 5.41) is 0. The largest absolute Gasteiger partial charge is 0.381 e. The van der Waals surface area contributed by atoms with E-state index < -0.39 is 0 Å². The highest BCUT2D eigenvalue weighted by Gasteiger charge is 2.26. The van der Waals surface area contributed by atoms with E-state index in [1.54, 1.807) is 0 Å². The highest BCUT2D eigenvalue weighted by atomic mass is 35.5. The Balaban J connectivity index is 0.000001000. The van der Waals surface area contributed by atoms with Crippen LogP contribution in [0.2, 0.25) is 0 Å². The van der Waals surface area contributed by atoms with Crippen molar-refractivity contribution in [2.45, 2.75) is 32.2 Å². The predicted molar refractivity (Wildman–Crippen MR) is 49.1 cm³/mol. The molecule has 0 aromatic heterocycles. The van der Waals surface area contributed by atoms with Gasteiger partial charge in [-0.2, -0.15) is 0 Å². The maximum Gasteiger partial charge on any atom is 0.0469 e. The molecule has 0 radical (unpaired) electrons. The van der Waals surface area contributed by atoms with Gasteiger partial charge in [-0.15, -0.1) is 12.4 Å². The van der Waals surface area contributed by atoms with Gasteiger partial charge in [0.15, 0.2) is 0 Å². The van der Waals surface area contributed by atoms with Crippen LogP contribution in [0.25, 0.3) is 0 Å². The molecule has 0 aliphatic carbocycles. The fraction of sp³-hybridized carbons (Fsp3) is 1.00. The van der Waals surface area contributed by atoms with Gasteiger partial charge in [-0.05, 0) is 32.6 Å². The van der Waals surface area contributed by atoms with Gasteiger partial charge in [-0.25, -0.2) is 0 Å². The topological polar surface area (TPSA) is 35.2 Å². The number of halogens is 1. The van der Waals surface area contributed by atoms with E-state index in [0.717, 1.165) is 26.1 Å². The van der Waals surface area contributed by atoms with Crippen molar-refractivity contribution in [2.24, 2.45) is 11.7 Å². The van der Waals surface area contributed by atoms with E-state index in [4.69, 9.17) is 10.5 Å². The molecule has 0 bridgehead atoms. The second kappa shape index (κ2) is 4.29. The molecule has 2 nitrogen and oxygen atoms in total. The minimum atomic E-state index is -0.0101. The van der Waals surface area contributed by atoms with Crippen molar-refractivity contribution >= 4 is 12.4 Å². The molecule has 1 heterocycles. The lowest BCUT2D eigenvalue weighted by molar-refractivity contribution is 0.0454. The highest BCUT2D eigenvalue weighted by Crippen LogP contribution is 2.24. The Morgan fingerprint density at radius 2 is 1.73 bits per heavy atom. The van der Waals surface area contributed by atoms with Gasteiger partial charge in [-0.3, -0.25) is 0 Å². The summed E-state index contributed by atoms with van der Waals surface area (Å²) in [5.74, 6) is 0.654. The van der Waals surface area contributed by atoms with Gasteiger partial charge in [0, 0.05) is 18.8 Å². The van der Waals surface area contributed by atoms with Gasteiger partial charge < -0.3 is 10.5 Å². The van der Waals surface area contributed by atoms with Crippen LogP contribution in [-0.2, 0) is 4.74 Å². The highest BCUT2D eigenvalue weighted by molar-refractivity contribution is 5.85. The molecule has 1 fully saturated rings. The average Bonchev–Trinajstić information content (AvgIpc) is 1.88. The van der Waals surface area contributed by atoms with Gasteiger partial charge in [0.2, 0.25) is 0 Å². The first-order chi connectivity index (χ1) is 4.61. The summed E-state index contributed by atoms with van der Waals surface area (Å²) in [6, 6.07) is 0. The molecule has 1 aliphatic rings. The van der Waals surface area contributed by atoms with Crippen molar-refractivity contribution < 1.29 is 4.74 Å². The van der Waals surface area contributed by atoms with Gasteiger partial charge >= 0.3 is 0 Å². The molecule has 1 rings (SSSR count). The molecular formula is C8H18ClNO. The summed E-state index contributed by atoms with van der Waals surface area (Å²) in [6.07, 6.45) is 2.26. The van der Waals surface area contributed by atoms with Crippen LogP contribution in [0.1, 0.15) is 26.7 Å². The Morgan fingerprint density at radius 1 is 1.27 bits per heavy atom. The Kier molecular flexibility index (Phi) is 4.37. The molecule has 3 heteroatoms. The summed E-state index contributed by atoms with van der Waals surface area (Å²) < 4.78 is 5.24. The molecule has 0 aromatic carbocycles. The predicted octanol–water partition coefficient (Wildman–Crippen LogP) is 1.57. The van der Waals surface area contributed by atoms with Crippen LogP contribution in [0.15, 0.2) is 0 Å². The smallest absolute Gasteiger partial charge is 0.0469 e. The lowest BCUT2D eigenvalue weighted by Gasteiger charge is -2.33. The lowest BCUT2D eigenvalue weighted by Crippen LogP contribution is -2.43. The van der Waals surface area contributed by atoms with Gasteiger partial charge in [-0.1, -0.05) is 0 Å². The molecular weight excluding hydrogens is 162 g/mol. The lowest BCUT2D eigenvalue weighted by atomic mass is 9.83. The molecule has 0 amide bonds. The van der Waals surface area contributed by atoms with E-state index in [1.807, 2.05) is 0 Å². The first kappa shape index (κ1) is 11.2. The maximum absolute atomic E-state index is 5.95. The standard InChI is InChI=1S/C8H17NO.ClH/c1-8(2,9)7-3-5-10-6-4-7;/h7H,3-6,9H2,1-2H3;1H. The van der Waals surface area contributed by atoms with E-state index >= 15 is 0 Å². The summed E-state index contributed by atoms with van der Waals surface area (Å²) >= 11 is 0. The van der Waals surface area contributed by atoms with Crippen LogP contribution in [0.3, 0.4) is 0 Å². The third-order valence-electron chi connectivity index (χ3n) is 2.27. The van der Waals surface area contributed by atoms with Gasteiger partial charge in [0.1, 0.15) is 0 Å². The van der Waals surface area contributed by atoms with E-state index in [9.17, 15) is 0 Å². The molecule has 0 spiro atoms. The van der Waals surface area contributed by atoms with Crippen LogP contribution >= 0.6 is 12.4 Å². The Bertz CT molecular complexity index is 105. The zero-order valence-corrected chi connectivity index (χ0v) is 8.12. The molecule has 0 saturated carbocycles. The fourth-order valence-corrected chi connectivity index (χ4v) is 1.44. The minimum absolute atomic E-state index is 0. The van der Waals surface area contributed by atoms with Gasteiger partial charge in [0.05, 0.1) is 0 Å². The van der Waals surface area contributed by atoms with Gasteiger partial charge in [0.25, 0.3) is 0 Å². The number of rotatable bonds is 1. The molecule has 1 saturated heterocycles. The molecule has 0 aromatic rings. The van der Waals surface area contributed by atoms with E-state index in [-0.39, 0.29) is 17.9 Å². The first-order valence-electron chi connectivity index (χ1n) is 3.97. The second-order valence-corrected chi connectivity index (χ2v) is 3.71. The number of ether oxygens (including phenoxy) is 1. The van der Waals surface area contributed by atoms with Crippen molar-refractivity contribution in [3.63, 3.8) is 0 Å². The van der Waals surface area contributed by atoms with E-state index in [2.05, 4.69) is 13.8 Å². The quantitative estimate of drug-likeness (QED) is 0.664. The number of hydrogen-bond donors (Lipinski definition) is 1. The fourth-order valence-electron chi connectivity index (χ4n) is 1.44. The normalized spacial score (nSPS) is 21.0. The monoisotopic (exact) mass is 179 g/mol. The third-order valence-corrected chi connectivity index (χ3v) is 2.27. The zero-order valence-electron chi connectivity index (χ0n) is 7.30.